The molecule has 1 rings (SSSR count). The topological polar surface area (TPSA) is 113 Å². The van der Waals surface area contributed by atoms with Gasteiger partial charge in [0.15, 0.2) is 5.69 Å². The Balaban J connectivity index is 2.48. The average molecular weight is 469 g/mol. The van der Waals surface area contributed by atoms with E-state index < -0.39 is 23.3 Å². The molecule has 2 atom stereocenters. The lowest BCUT2D eigenvalue weighted by Gasteiger charge is -2.18. The molecule has 182 valence electrons. The molecule has 1 heterocycles. The molecule has 1 aromatic rings. The van der Waals surface area contributed by atoms with E-state index in [2.05, 4.69) is 11.9 Å². The molecule has 1 aromatic heterocycles. The molecule has 0 aromatic carbocycles. The van der Waals surface area contributed by atoms with Gasteiger partial charge >= 0.3 is 11.9 Å². The van der Waals surface area contributed by atoms with Crippen LogP contribution in [0.4, 0.5) is 0 Å². The first-order valence-electron chi connectivity index (χ1n) is 11.8. The zero-order chi connectivity index (χ0) is 23.8. The second-order valence-corrected chi connectivity index (χ2v) is 9.46. The Labute approximate surface area is 196 Å². The van der Waals surface area contributed by atoms with Gasteiger partial charge in [0, 0.05) is 13.5 Å². The quantitative estimate of drug-likeness (QED) is 0.136. The Kier molecular flexibility index (Phi) is 14.8. The molecule has 3 N–H and O–H groups in total. The number of aliphatic carboxylic acids is 1. The number of rotatable bonds is 19. The van der Waals surface area contributed by atoms with Crippen LogP contribution in [0.25, 0.3) is 0 Å². The van der Waals surface area contributed by atoms with Crippen molar-refractivity contribution in [2.75, 3.05) is 0 Å². The fraction of sp³-hybridized carbons (Fsp3) is 0.708. The number of hydrogen-bond donors (Lipinski definition) is 3. The summed E-state index contributed by atoms with van der Waals surface area (Å²) < 4.78 is 1.43. The van der Waals surface area contributed by atoms with Gasteiger partial charge in [-0.1, -0.05) is 88.6 Å². The second kappa shape index (κ2) is 16.8. The minimum Gasteiger partial charge on any atom is -0.481 e. The van der Waals surface area contributed by atoms with Crippen LogP contribution in [-0.4, -0.2) is 48.2 Å². The number of aryl methyl sites for hydroxylation is 1. The number of nitrogens with zero attached hydrogens (tertiary/aromatic N) is 2. The van der Waals surface area contributed by atoms with Gasteiger partial charge in [-0.3, -0.25) is 4.79 Å². The summed E-state index contributed by atoms with van der Waals surface area (Å²) >= 11 is 1.16. The van der Waals surface area contributed by atoms with Crippen molar-refractivity contribution in [3.63, 3.8) is 0 Å². The van der Waals surface area contributed by atoms with Crippen LogP contribution in [-0.2, 0) is 11.8 Å². The summed E-state index contributed by atoms with van der Waals surface area (Å²) in [5.74, 6) is -2.05. The van der Waals surface area contributed by atoms with E-state index in [9.17, 15) is 19.8 Å². The van der Waals surface area contributed by atoms with Crippen molar-refractivity contribution < 1.29 is 24.9 Å². The van der Waals surface area contributed by atoms with E-state index in [1.807, 2.05) is 12.2 Å². The summed E-state index contributed by atoms with van der Waals surface area (Å²) in [6.45, 7) is 2.23. The predicted molar refractivity (Wildman–Crippen MR) is 128 cm³/mol. The van der Waals surface area contributed by atoms with Crippen molar-refractivity contribution in [1.82, 2.24) is 9.55 Å². The highest BCUT2D eigenvalue weighted by Crippen LogP contribution is 2.30. The average Bonchev–Trinajstić information content (AvgIpc) is 3.12. The summed E-state index contributed by atoms with van der Waals surface area (Å²) in [4.78, 5) is 26.5. The Morgan fingerprint density at radius 1 is 1.06 bits per heavy atom. The highest BCUT2D eigenvalue weighted by atomic mass is 32.2. The smallest absolute Gasteiger partial charge is 0.355 e. The van der Waals surface area contributed by atoms with Crippen LogP contribution in [0.5, 0.6) is 0 Å². The molecule has 0 bridgehead atoms. The number of aromatic carboxylic acids is 1. The molecule has 8 heteroatoms. The van der Waals surface area contributed by atoms with Gasteiger partial charge in [-0.25, -0.2) is 9.78 Å². The summed E-state index contributed by atoms with van der Waals surface area (Å²) in [6.07, 6.45) is 18.0. The van der Waals surface area contributed by atoms with Gasteiger partial charge in [-0.05, 0) is 19.3 Å². The van der Waals surface area contributed by atoms with E-state index in [1.165, 1.54) is 68.7 Å². The molecule has 7 nitrogen and oxygen atoms in total. The molecular formula is C24H40N2O5S. The van der Waals surface area contributed by atoms with Gasteiger partial charge in [-0.2, -0.15) is 0 Å². The van der Waals surface area contributed by atoms with Gasteiger partial charge in [0.25, 0.3) is 0 Å². The highest BCUT2D eigenvalue weighted by molar-refractivity contribution is 8.00. The van der Waals surface area contributed by atoms with Crippen LogP contribution in [0, 0.1) is 0 Å². The Morgan fingerprint density at radius 3 is 2.22 bits per heavy atom. The zero-order valence-electron chi connectivity index (χ0n) is 19.5. The Hall–Kier alpha value is -1.80. The molecule has 0 saturated heterocycles. The van der Waals surface area contributed by atoms with Crippen LogP contribution >= 0.6 is 11.8 Å². The van der Waals surface area contributed by atoms with Gasteiger partial charge in [0.05, 0.1) is 17.7 Å². The molecular weight excluding hydrogens is 428 g/mol. The number of aromatic nitrogens is 2. The third-order valence-corrected chi connectivity index (χ3v) is 6.70. The number of unbranched alkanes of at least 4 members (excludes halogenated alkanes) is 10. The van der Waals surface area contributed by atoms with Crippen LogP contribution in [0.3, 0.4) is 0 Å². The van der Waals surface area contributed by atoms with E-state index >= 15 is 0 Å². The van der Waals surface area contributed by atoms with Crippen LogP contribution in [0.2, 0.25) is 0 Å². The summed E-state index contributed by atoms with van der Waals surface area (Å²) in [5.41, 5.74) is 0.0635. The van der Waals surface area contributed by atoms with Gasteiger partial charge in [-0.15, -0.1) is 0 Å². The molecule has 32 heavy (non-hydrogen) atoms. The van der Waals surface area contributed by atoms with E-state index in [-0.39, 0.29) is 18.5 Å². The largest absolute Gasteiger partial charge is 0.481 e. The van der Waals surface area contributed by atoms with Crippen molar-refractivity contribution in [2.24, 2.45) is 7.05 Å². The van der Waals surface area contributed by atoms with Gasteiger partial charge < -0.3 is 19.9 Å². The molecule has 0 amide bonds. The Morgan fingerprint density at radius 2 is 1.66 bits per heavy atom. The molecule has 0 radical (unpaired) electrons. The molecule has 0 fully saturated rings. The minimum absolute atomic E-state index is 0.0635. The number of carboxylic acid groups (broad SMARTS) is 2. The van der Waals surface area contributed by atoms with Crippen molar-refractivity contribution in [2.45, 2.75) is 107 Å². The number of imidazole rings is 1. The normalized spacial score (nSPS) is 13.5. The fourth-order valence-electron chi connectivity index (χ4n) is 3.53. The number of aliphatic hydroxyl groups excluding tert-OH is 1. The monoisotopic (exact) mass is 468 g/mol. The van der Waals surface area contributed by atoms with Crippen molar-refractivity contribution >= 4 is 23.7 Å². The third-order valence-electron chi connectivity index (χ3n) is 5.44. The van der Waals surface area contributed by atoms with Crippen LogP contribution < -0.4 is 0 Å². The maximum absolute atomic E-state index is 11.5. The molecule has 0 aliphatic rings. The number of carbonyl (C=O) groups is 2. The summed E-state index contributed by atoms with van der Waals surface area (Å²) in [6, 6.07) is 0. The van der Waals surface area contributed by atoms with Crippen LogP contribution in [0.1, 0.15) is 101 Å². The zero-order valence-corrected chi connectivity index (χ0v) is 20.4. The number of carboxylic acids is 2. The summed E-state index contributed by atoms with van der Waals surface area (Å²) in [5, 5.41) is 28.7. The van der Waals surface area contributed by atoms with E-state index in [1.54, 1.807) is 7.05 Å². The van der Waals surface area contributed by atoms with Crippen molar-refractivity contribution in [1.29, 1.82) is 0 Å². The van der Waals surface area contributed by atoms with Crippen molar-refractivity contribution in [3.05, 3.63) is 24.2 Å². The number of allylic oxidation sites excluding steroid dienone is 1. The molecule has 0 aliphatic heterocycles. The first kappa shape index (κ1) is 28.2. The molecule has 0 spiro atoms. The number of hydrogen-bond acceptors (Lipinski definition) is 5. The lowest BCUT2D eigenvalue weighted by molar-refractivity contribution is -0.137. The maximum Gasteiger partial charge on any atom is 0.355 e. The maximum atomic E-state index is 11.5. The van der Waals surface area contributed by atoms with E-state index in [0.29, 0.717) is 5.03 Å². The van der Waals surface area contributed by atoms with Crippen molar-refractivity contribution in [3.8, 4) is 0 Å². The second-order valence-electron chi connectivity index (χ2n) is 8.30. The SMILES string of the molecule is CCCCCCCCCCCC/C=C\C(Sc1ncn(C)c1C(=O)O)C(O)CCC(=O)O. The molecule has 0 saturated carbocycles. The van der Waals surface area contributed by atoms with Crippen LogP contribution in [0.15, 0.2) is 23.5 Å². The van der Waals surface area contributed by atoms with Gasteiger partial charge in [0.1, 0.15) is 5.03 Å². The first-order chi connectivity index (χ1) is 15.4. The Bertz CT molecular complexity index is 705. The summed E-state index contributed by atoms with van der Waals surface area (Å²) in [7, 11) is 1.61. The van der Waals surface area contributed by atoms with E-state index in [4.69, 9.17) is 5.11 Å². The van der Waals surface area contributed by atoms with E-state index in [0.717, 1.165) is 24.6 Å². The molecule has 0 aliphatic carbocycles. The minimum atomic E-state index is -1.08. The number of aliphatic hydroxyl groups is 1. The predicted octanol–water partition coefficient (Wildman–Crippen LogP) is 5.67. The number of thioether (sulfide) groups is 1. The first-order valence-corrected chi connectivity index (χ1v) is 12.7. The lowest BCUT2D eigenvalue weighted by Crippen LogP contribution is -2.22. The van der Waals surface area contributed by atoms with Gasteiger partial charge in [0.2, 0.25) is 0 Å². The third kappa shape index (κ3) is 11.7. The fourth-order valence-corrected chi connectivity index (χ4v) is 4.72. The lowest BCUT2D eigenvalue weighted by atomic mass is 10.1. The molecule has 2 unspecified atom stereocenters. The standard InChI is InChI=1S/C24H40N2O5S/c1-3-4-5-6-7-8-9-10-11-12-13-14-15-20(19(27)16-17-21(28)29)32-23-22(24(30)31)26(2)18-25-23/h14-15,18-20,27H,3-13,16-17H2,1-2H3,(H,28,29)(H,30,31)/b15-14-. The highest BCUT2D eigenvalue weighted by Gasteiger charge is 2.24.